The average molecular weight is 626 g/mol. The Labute approximate surface area is 270 Å². The molecule has 45 heavy (non-hydrogen) atoms. The fourth-order valence-electron chi connectivity index (χ4n) is 5.67. The van der Waals surface area contributed by atoms with Gasteiger partial charge in [-0.1, -0.05) is 67.6 Å². The third-order valence-corrected chi connectivity index (χ3v) is 9.28. The van der Waals surface area contributed by atoms with E-state index in [-0.39, 0.29) is 17.9 Å². The summed E-state index contributed by atoms with van der Waals surface area (Å²) in [5.74, 6) is 2.57. The van der Waals surface area contributed by atoms with Crippen molar-refractivity contribution in [2.45, 2.75) is 63.6 Å². The minimum atomic E-state index is -0.0320. The van der Waals surface area contributed by atoms with Gasteiger partial charge < -0.3 is 14.5 Å². The molecular formula is C36H43N5O3S. The number of piperazine rings is 1. The number of methoxy groups -OCH3 is 1. The topological polar surface area (TPSA) is 80.6 Å². The van der Waals surface area contributed by atoms with E-state index in [4.69, 9.17) is 4.74 Å². The second-order valence-corrected chi connectivity index (χ2v) is 12.6. The second kappa shape index (κ2) is 15.8. The van der Waals surface area contributed by atoms with Gasteiger partial charge in [-0.15, -0.1) is 10.2 Å². The van der Waals surface area contributed by atoms with E-state index in [0.717, 1.165) is 59.4 Å². The zero-order valence-corrected chi connectivity index (χ0v) is 27.3. The van der Waals surface area contributed by atoms with Gasteiger partial charge >= 0.3 is 0 Å². The predicted octanol–water partition coefficient (Wildman–Crippen LogP) is 6.45. The first-order valence-electron chi connectivity index (χ1n) is 15.9. The summed E-state index contributed by atoms with van der Waals surface area (Å²) in [7, 11) is 1.66. The Bertz CT molecular complexity index is 1540. The van der Waals surface area contributed by atoms with Gasteiger partial charge in [-0.2, -0.15) is 0 Å². The van der Waals surface area contributed by atoms with Crippen LogP contribution >= 0.6 is 11.8 Å². The molecule has 0 radical (unpaired) electrons. The van der Waals surface area contributed by atoms with Gasteiger partial charge in [-0.3, -0.25) is 14.2 Å². The Morgan fingerprint density at radius 1 is 0.911 bits per heavy atom. The van der Waals surface area contributed by atoms with E-state index >= 15 is 0 Å². The molecule has 3 aromatic carbocycles. The molecule has 0 saturated carbocycles. The Balaban J connectivity index is 1.14. The van der Waals surface area contributed by atoms with Crippen molar-refractivity contribution in [3.05, 3.63) is 101 Å². The number of carbonyl (C=O) groups is 2. The van der Waals surface area contributed by atoms with Crippen molar-refractivity contribution in [2.75, 3.05) is 32.5 Å². The zero-order chi connectivity index (χ0) is 31.6. The first-order chi connectivity index (χ1) is 22.0. The molecule has 1 aliphatic rings. The summed E-state index contributed by atoms with van der Waals surface area (Å²) in [5, 5.41) is 9.87. The van der Waals surface area contributed by atoms with Crippen LogP contribution in [0.2, 0.25) is 0 Å². The largest absolute Gasteiger partial charge is 0.497 e. The molecule has 9 heteroatoms. The highest BCUT2D eigenvalue weighted by Crippen LogP contribution is 2.26. The maximum absolute atomic E-state index is 13.2. The molecule has 4 aromatic rings. The smallest absolute Gasteiger partial charge is 0.254 e. The van der Waals surface area contributed by atoms with Gasteiger partial charge in [-0.05, 0) is 73.7 Å². The predicted molar refractivity (Wildman–Crippen MR) is 179 cm³/mol. The molecule has 5 rings (SSSR count). The highest BCUT2D eigenvalue weighted by atomic mass is 32.2. The molecule has 0 N–H and O–H groups in total. The molecule has 236 valence electrons. The van der Waals surface area contributed by atoms with Crippen LogP contribution in [-0.4, -0.2) is 74.9 Å². The minimum Gasteiger partial charge on any atom is -0.497 e. The van der Waals surface area contributed by atoms with E-state index in [1.54, 1.807) is 18.9 Å². The fraction of sp³-hybridized carbons (Fsp3) is 0.389. The Hall–Kier alpha value is -4.11. The number of carbonyl (C=O) groups excluding carboxylic acids is 2. The zero-order valence-electron chi connectivity index (χ0n) is 26.5. The molecule has 1 atom stereocenters. The van der Waals surface area contributed by atoms with E-state index in [1.165, 1.54) is 5.56 Å². The molecule has 2 heterocycles. The number of amides is 2. The van der Waals surface area contributed by atoms with E-state index in [9.17, 15) is 9.59 Å². The molecule has 1 aliphatic heterocycles. The minimum absolute atomic E-state index is 0.0320. The van der Waals surface area contributed by atoms with Crippen LogP contribution in [0.3, 0.4) is 0 Å². The van der Waals surface area contributed by atoms with Gasteiger partial charge in [-0.25, -0.2) is 0 Å². The summed E-state index contributed by atoms with van der Waals surface area (Å²) in [5.41, 5.74) is 4.12. The molecule has 1 fully saturated rings. The number of aromatic nitrogens is 3. The molecule has 2 amide bonds. The number of hydrogen-bond acceptors (Lipinski definition) is 6. The Morgan fingerprint density at radius 2 is 1.67 bits per heavy atom. The number of hydrogen-bond donors (Lipinski definition) is 0. The molecular weight excluding hydrogens is 582 g/mol. The summed E-state index contributed by atoms with van der Waals surface area (Å²) in [6.45, 7) is 5.88. The molecule has 0 aliphatic carbocycles. The number of thioether (sulfide) groups is 1. The van der Waals surface area contributed by atoms with Crippen molar-refractivity contribution >= 4 is 23.6 Å². The van der Waals surface area contributed by atoms with Crippen LogP contribution < -0.4 is 4.74 Å². The van der Waals surface area contributed by atoms with E-state index in [2.05, 4.69) is 46.0 Å². The molecule has 1 aromatic heterocycles. The number of nitrogens with zero attached hydrogens (tertiary/aromatic N) is 5. The first-order valence-corrected chi connectivity index (χ1v) is 16.9. The summed E-state index contributed by atoms with van der Waals surface area (Å²) >= 11 is 1.61. The van der Waals surface area contributed by atoms with Gasteiger partial charge in [0.05, 0.1) is 7.11 Å². The molecule has 1 unspecified atom stereocenters. The second-order valence-electron chi connectivity index (χ2n) is 11.5. The van der Waals surface area contributed by atoms with Gasteiger partial charge in [0.1, 0.15) is 11.6 Å². The van der Waals surface area contributed by atoms with Crippen LogP contribution in [0.25, 0.3) is 5.69 Å². The summed E-state index contributed by atoms with van der Waals surface area (Å²) in [4.78, 5) is 30.2. The molecule has 0 bridgehead atoms. The van der Waals surface area contributed by atoms with Gasteiger partial charge in [0.15, 0.2) is 5.16 Å². The highest BCUT2D eigenvalue weighted by molar-refractivity contribution is 7.99. The van der Waals surface area contributed by atoms with Crippen molar-refractivity contribution in [3.8, 4) is 11.4 Å². The summed E-state index contributed by atoms with van der Waals surface area (Å²) in [6, 6.07) is 26.1. The average Bonchev–Trinajstić information content (AvgIpc) is 3.47. The Kier molecular flexibility index (Phi) is 11.3. The number of unbranched alkanes of at least 4 members (excludes halogenated alkanes) is 1. The van der Waals surface area contributed by atoms with Crippen molar-refractivity contribution < 1.29 is 14.3 Å². The van der Waals surface area contributed by atoms with E-state index < -0.39 is 0 Å². The van der Waals surface area contributed by atoms with Gasteiger partial charge in [0, 0.05) is 55.5 Å². The SMILES string of the molecule is CCCCc1ccc(C(=O)N2CCN(C(=O)CCCSc3nnc(Cc4ccccc4)n3-c3ccc(OC)cc3)CC2C)cc1. The van der Waals surface area contributed by atoms with Crippen LogP contribution in [-0.2, 0) is 17.6 Å². The maximum Gasteiger partial charge on any atom is 0.254 e. The first kappa shape index (κ1) is 32.3. The molecule has 1 saturated heterocycles. The van der Waals surface area contributed by atoms with Crippen LogP contribution in [0.15, 0.2) is 84.0 Å². The van der Waals surface area contributed by atoms with Crippen LogP contribution in [0, 0.1) is 0 Å². The summed E-state index contributed by atoms with van der Waals surface area (Å²) < 4.78 is 7.45. The van der Waals surface area contributed by atoms with Crippen molar-refractivity contribution in [3.63, 3.8) is 0 Å². The lowest BCUT2D eigenvalue weighted by atomic mass is 10.0. The third-order valence-electron chi connectivity index (χ3n) is 8.26. The van der Waals surface area contributed by atoms with Crippen molar-refractivity contribution in [2.24, 2.45) is 0 Å². The number of rotatable bonds is 13. The lowest BCUT2D eigenvalue weighted by Crippen LogP contribution is -2.55. The number of aryl methyl sites for hydroxylation is 1. The fourth-order valence-corrected chi connectivity index (χ4v) is 6.58. The number of benzene rings is 3. The van der Waals surface area contributed by atoms with Crippen molar-refractivity contribution in [1.82, 2.24) is 24.6 Å². The summed E-state index contributed by atoms with van der Waals surface area (Å²) in [6.07, 6.45) is 5.20. The van der Waals surface area contributed by atoms with Crippen LogP contribution in [0.5, 0.6) is 5.75 Å². The molecule has 0 spiro atoms. The highest BCUT2D eigenvalue weighted by Gasteiger charge is 2.30. The quantitative estimate of drug-likeness (QED) is 0.125. The van der Waals surface area contributed by atoms with E-state index in [1.807, 2.05) is 71.3 Å². The third kappa shape index (κ3) is 8.34. The van der Waals surface area contributed by atoms with Gasteiger partial charge in [0.2, 0.25) is 5.91 Å². The lowest BCUT2D eigenvalue weighted by Gasteiger charge is -2.40. The maximum atomic E-state index is 13.2. The molecule has 8 nitrogen and oxygen atoms in total. The van der Waals surface area contributed by atoms with Crippen LogP contribution in [0.1, 0.15) is 66.8 Å². The van der Waals surface area contributed by atoms with Crippen molar-refractivity contribution in [1.29, 1.82) is 0 Å². The standard InChI is InChI=1S/C36H43N5O3S/c1-4-5-10-28-14-16-30(17-15-28)35(43)40-23-22-39(26-27(40)2)34(42)13-9-24-45-36-38-37-33(25-29-11-7-6-8-12-29)41(36)31-18-20-32(44-3)21-19-31/h6-8,11-12,14-21,27H,4-5,9-10,13,22-26H2,1-3H3. The van der Waals surface area contributed by atoms with Crippen LogP contribution in [0.4, 0.5) is 0 Å². The normalized spacial score (nSPS) is 14.9. The van der Waals surface area contributed by atoms with Gasteiger partial charge in [0.25, 0.3) is 5.91 Å². The lowest BCUT2D eigenvalue weighted by molar-refractivity contribution is -0.133. The Morgan fingerprint density at radius 3 is 2.36 bits per heavy atom. The number of ether oxygens (including phenoxy) is 1. The van der Waals surface area contributed by atoms with E-state index in [0.29, 0.717) is 38.0 Å². The monoisotopic (exact) mass is 625 g/mol.